The van der Waals surface area contributed by atoms with Crippen molar-refractivity contribution in [2.45, 2.75) is 453 Å². The summed E-state index contributed by atoms with van der Waals surface area (Å²) in [6.07, 6.45) is 61.5. The van der Waals surface area contributed by atoms with Crippen molar-refractivity contribution >= 4 is 39.5 Å². The van der Waals surface area contributed by atoms with Crippen LogP contribution >= 0.6 is 15.6 Å². The average Bonchev–Trinajstić information content (AvgIpc) is 0.928. The third-order valence-corrected chi connectivity index (χ3v) is 21.8. The summed E-state index contributed by atoms with van der Waals surface area (Å²) in [5.74, 6) is 0.976. The van der Waals surface area contributed by atoms with E-state index in [1.807, 2.05) is 0 Å². The number of aliphatic hydroxyl groups is 1. The molecule has 3 N–H and O–H groups in total. The van der Waals surface area contributed by atoms with Crippen molar-refractivity contribution in [1.82, 2.24) is 0 Å². The summed E-state index contributed by atoms with van der Waals surface area (Å²) < 4.78 is 68.7. The Morgan fingerprint density at radius 1 is 0.272 bits per heavy atom. The molecule has 0 aliphatic heterocycles. The number of esters is 4. The van der Waals surface area contributed by atoms with Crippen molar-refractivity contribution in [3.63, 3.8) is 0 Å². The molecule has 3 unspecified atom stereocenters. The van der Waals surface area contributed by atoms with E-state index in [0.29, 0.717) is 31.6 Å². The molecule has 0 saturated carbocycles. The molecule has 0 saturated heterocycles. The summed E-state index contributed by atoms with van der Waals surface area (Å²) in [7, 11) is -9.92. The molecular formula is C84H164O17P2. The summed E-state index contributed by atoms with van der Waals surface area (Å²) in [5, 5.41) is 10.6. The lowest BCUT2D eigenvalue weighted by Crippen LogP contribution is -2.30. The number of rotatable bonds is 81. The summed E-state index contributed by atoms with van der Waals surface area (Å²) in [6.45, 7) is 14.2. The van der Waals surface area contributed by atoms with Crippen molar-refractivity contribution in [3.05, 3.63) is 0 Å². The Bertz CT molecular complexity index is 2010. The van der Waals surface area contributed by atoms with Gasteiger partial charge in [-0.25, -0.2) is 9.13 Å². The van der Waals surface area contributed by atoms with Crippen LogP contribution in [0.1, 0.15) is 434 Å². The van der Waals surface area contributed by atoms with Gasteiger partial charge in [0, 0.05) is 25.7 Å². The number of hydrogen-bond donors (Lipinski definition) is 3. The minimum absolute atomic E-state index is 0.103. The van der Waals surface area contributed by atoms with Crippen LogP contribution in [0.2, 0.25) is 0 Å². The normalized spacial score (nSPS) is 14.2. The third kappa shape index (κ3) is 76.6. The summed E-state index contributed by atoms with van der Waals surface area (Å²) in [5.41, 5.74) is 0. The van der Waals surface area contributed by atoms with E-state index in [-0.39, 0.29) is 25.7 Å². The van der Waals surface area contributed by atoms with Gasteiger partial charge >= 0.3 is 39.5 Å². The molecule has 6 atom stereocenters. The lowest BCUT2D eigenvalue weighted by Gasteiger charge is -2.21. The zero-order chi connectivity index (χ0) is 76.0. The summed E-state index contributed by atoms with van der Waals surface area (Å²) in [6, 6.07) is 0. The summed E-state index contributed by atoms with van der Waals surface area (Å²) in [4.78, 5) is 73.0. The second-order valence-corrected chi connectivity index (χ2v) is 34.8. The molecule has 0 aromatic carbocycles. The second kappa shape index (κ2) is 72.9. The maximum Gasteiger partial charge on any atom is 0.472 e. The van der Waals surface area contributed by atoms with E-state index in [1.165, 1.54) is 231 Å². The maximum absolute atomic E-state index is 13.1. The Kier molecular flexibility index (Phi) is 71.5. The number of carbonyl (C=O) groups is 4. The monoisotopic (exact) mass is 1510 g/mol. The van der Waals surface area contributed by atoms with E-state index in [9.17, 15) is 43.2 Å². The smallest absolute Gasteiger partial charge is 0.462 e. The van der Waals surface area contributed by atoms with E-state index >= 15 is 0 Å². The van der Waals surface area contributed by atoms with Crippen molar-refractivity contribution in [1.29, 1.82) is 0 Å². The fourth-order valence-electron chi connectivity index (χ4n) is 12.9. The van der Waals surface area contributed by atoms with E-state index < -0.39 is 97.5 Å². The van der Waals surface area contributed by atoms with Crippen LogP contribution in [-0.2, 0) is 65.4 Å². The molecule has 0 spiro atoms. The molecule has 0 rings (SSSR count). The first kappa shape index (κ1) is 101. The van der Waals surface area contributed by atoms with Crippen LogP contribution in [0, 0.1) is 23.7 Å². The average molecular weight is 1510 g/mol. The highest BCUT2D eigenvalue weighted by atomic mass is 31.2. The van der Waals surface area contributed by atoms with Crippen LogP contribution in [0.25, 0.3) is 0 Å². The second-order valence-electron chi connectivity index (χ2n) is 31.9. The van der Waals surface area contributed by atoms with Gasteiger partial charge in [-0.2, -0.15) is 0 Å². The number of phosphoric acid groups is 2. The predicted octanol–water partition coefficient (Wildman–Crippen LogP) is 25.2. The van der Waals surface area contributed by atoms with Crippen LogP contribution in [0.3, 0.4) is 0 Å². The molecule has 0 aromatic rings. The largest absolute Gasteiger partial charge is 0.472 e. The van der Waals surface area contributed by atoms with E-state index in [0.717, 1.165) is 114 Å². The predicted molar refractivity (Wildman–Crippen MR) is 423 cm³/mol. The van der Waals surface area contributed by atoms with E-state index in [2.05, 4.69) is 55.4 Å². The van der Waals surface area contributed by atoms with Crippen LogP contribution in [0.4, 0.5) is 0 Å². The number of unbranched alkanes of at least 4 members (excludes halogenated alkanes) is 46. The molecule has 0 aliphatic rings. The van der Waals surface area contributed by atoms with Gasteiger partial charge in [-0.15, -0.1) is 0 Å². The number of phosphoric ester groups is 2. The van der Waals surface area contributed by atoms with Gasteiger partial charge in [0.15, 0.2) is 12.2 Å². The molecule has 0 aromatic heterocycles. The molecule has 0 aliphatic carbocycles. The molecular weight excluding hydrogens is 1340 g/mol. The molecule has 17 nitrogen and oxygen atoms in total. The molecule has 612 valence electrons. The number of aliphatic hydroxyl groups excluding tert-OH is 1. The quantitative estimate of drug-likeness (QED) is 0.0222. The number of ether oxygens (including phenoxy) is 4. The standard InChI is InChI=1S/C84H164O17P2/c1-9-77(8)63-55-47-38-31-27-23-19-15-11-13-17-21-25-29-33-40-50-58-66-83(88)100-79(70-94-81(86)64-56-48-39-32-28-24-20-16-12-10-14-18-22-26-30-36-44-52-60-74(2)3)72-98-102(90,91)96-68-78(85)69-97-103(92,93)99-73-80(71-95-82(87)65-57-49-43-42-46-54-62-76(6)7)101-84(89)67-59-51-41-35-34-37-45-53-61-75(4)5/h74-80,85H,9-73H2,1-8H3,(H,90,91)(H,92,93)/t77?,78-,79-,80-/m1/s1. The van der Waals surface area contributed by atoms with E-state index in [1.54, 1.807) is 0 Å². The topological polar surface area (TPSA) is 237 Å². The Balaban J connectivity index is 5.18. The molecule has 103 heavy (non-hydrogen) atoms. The van der Waals surface area contributed by atoms with Gasteiger partial charge in [0.1, 0.15) is 19.3 Å². The van der Waals surface area contributed by atoms with Gasteiger partial charge in [0.2, 0.25) is 0 Å². The van der Waals surface area contributed by atoms with Crippen LogP contribution < -0.4 is 0 Å². The van der Waals surface area contributed by atoms with Crippen LogP contribution in [-0.4, -0.2) is 96.7 Å². The van der Waals surface area contributed by atoms with Gasteiger partial charge in [-0.1, -0.05) is 383 Å². The third-order valence-electron chi connectivity index (χ3n) is 19.9. The molecule has 0 heterocycles. The Morgan fingerprint density at radius 2 is 0.466 bits per heavy atom. The first-order chi connectivity index (χ1) is 49.6. The first-order valence-corrected chi connectivity index (χ1v) is 46.2. The molecule has 0 fully saturated rings. The number of carbonyl (C=O) groups excluding carboxylic acids is 4. The Hall–Kier alpha value is -1.94. The molecule has 0 bridgehead atoms. The van der Waals surface area contributed by atoms with Crippen molar-refractivity contribution in [2.75, 3.05) is 39.6 Å². The Labute approximate surface area is 632 Å². The first-order valence-electron chi connectivity index (χ1n) is 43.2. The fourth-order valence-corrected chi connectivity index (χ4v) is 14.5. The van der Waals surface area contributed by atoms with Crippen LogP contribution in [0.15, 0.2) is 0 Å². The fraction of sp³-hybridized carbons (Fsp3) is 0.952. The lowest BCUT2D eigenvalue weighted by atomic mass is 9.99. The van der Waals surface area contributed by atoms with Crippen molar-refractivity contribution in [2.24, 2.45) is 23.7 Å². The zero-order valence-corrected chi connectivity index (χ0v) is 69.7. The van der Waals surface area contributed by atoms with E-state index in [4.69, 9.17) is 37.0 Å². The minimum atomic E-state index is -4.96. The maximum atomic E-state index is 13.1. The highest BCUT2D eigenvalue weighted by Crippen LogP contribution is 2.45. The van der Waals surface area contributed by atoms with Crippen molar-refractivity contribution in [3.8, 4) is 0 Å². The molecule has 0 radical (unpaired) electrons. The molecule has 19 heteroatoms. The number of hydrogen-bond acceptors (Lipinski definition) is 15. The van der Waals surface area contributed by atoms with Gasteiger partial charge in [0.05, 0.1) is 26.4 Å². The van der Waals surface area contributed by atoms with Gasteiger partial charge in [0.25, 0.3) is 0 Å². The highest BCUT2D eigenvalue weighted by molar-refractivity contribution is 7.47. The highest BCUT2D eigenvalue weighted by Gasteiger charge is 2.30. The van der Waals surface area contributed by atoms with Crippen molar-refractivity contribution < 1.29 is 80.2 Å². The minimum Gasteiger partial charge on any atom is -0.462 e. The van der Waals surface area contributed by atoms with Gasteiger partial charge in [-0.05, 0) is 49.4 Å². The summed E-state index contributed by atoms with van der Waals surface area (Å²) >= 11 is 0. The van der Waals surface area contributed by atoms with Gasteiger partial charge < -0.3 is 33.8 Å². The van der Waals surface area contributed by atoms with Crippen LogP contribution in [0.5, 0.6) is 0 Å². The molecule has 0 amide bonds. The zero-order valence-electron chi connectivity index (χ0n) is 68.0. The van der Waals surface area contributed by atoms with Gasteiger partial charge in [-0.3, -0.25) is 37.3 Å². The Morgan fingerprint density at radius 3 is 0.689 bits per heavy atom. The lowest BCUT2D eigenvalue weighted by molar-refractivity contribution is -0.161. The SMILES string of the molecule is CCC(C)CCCCCCCCCCCCCCCCCCCCC(=O)O[C@H](COC(=O)CCCCCCCCCCCCCCCCCCCCC(C)C)COP(=O)(O)OC[C@@H](O)COP(=O)(O)OC[C@@H](COC(=O)CCCCCCCCC(C)C)OC(=O)CCCCCCCCCCC(C)C.